The molecule has 2 atom stereocenters. The first-order valence-electron chi connectivity index (χ1n) is 6.27. The van der Waals surface area contributed by atoms with Crippen molar-refractivity contribution in [3.8, 4) is 0 Å². The number of rotatable bonds is 4. The van der Waals surface area contributed by atoms with Gasteiger partial charge in [0.05, 0.1) is 12.0 Å². The predicted octanol–water partition coefficient (Wildman–Crippen LogP) is 0.591. The monoisotopic (exact) mass is 228 g/mol. The molecule has 0 saturated carbocycles. The Morgan fingerprint density at radius 3 is 2.44 bits per heavy atom. The van der Waals surface area contributed by atoms with E-state index in [1.165, 1.54) is 0 Å². The second kappa shape index (κ2) is 6.21. The number of likely N-dealkylation sites (tertiary alicyclic amines) is 1. The summed E-state index contributed by atoms with van der Waals surface area (Å²) in [4.78, 5) is 13.9. The molecule has 1 aliphatic heterocycles. The zero-order valence-electron chi connectivity index (χ0n) is 10.4. The largest absolute Gasteiger partial charge is 0.393 e. The Hall–Kier alpha value is -0.610. The van der Waals surface area contributed by atoms with E-state index in [1.54, 1.807) is 0 Å². The summed E-state index contributed by atoms with van der Waals surface area (Å²) in [6.45, 7) is 5.80. The molecule has 1 saturated heterocycles. The highest BCUT2D eigenvalue weighted by molar-refractivity contribution is 5.79. The van der Waals surface area contributed by atoms with Crippen molar-refractivity contribution >= 4 is 5.91 Å². The predicted molar refractivity (Wildman–Crippen MR) is 63.8 cm³/mol. The first kappa shape index (κ1) is 13.5. The van der Waals surface area contributed by atoms with E-state index in [9.17, 15) is 9.90 Å². The van der Waals surface area contributed by atoms with Crippen molar-refractivity contribution in [3.63, 3.8) is 0 Å². The Balaban J connectivity index is 2.44. The Labute approximate surface area is 97.8 Å². The van der Waals surface area contributed by atoms with Gasteiger partial charge in [-0.15, -0.1) is 0 Å². The maximum Gasteiger partial charge on any atom is 0.226 e. The molecule has 2 unspecified atom stereocenters. The number of amides is 1. The van der Waals surface area contributed by atoms with Crippen molar-refractivity contribution in [2.45, 2.75) is 39.2 Å². The number of carbonyl (C=O) groups excluding carboxylic acids is 1. The van der Waals surface area contributed by atoms with Gasteiger partial charge in [-0.2, -0.15) is 0 Å². The van der Waals surface area contributed by atoms with Gasteiger partial charge in [-0.1, -0.05) is 6.92 Å². The summed E-state index contributed by atoms with van der Waals surface area (Å²) in [6, 6.07) is 0. The lowest BCUT2D eigenvalue weighted by molar-refractivity contribution is -0.137. The van der Waals surface area contributed by atoms with Crippen molar-refractivity contribution in [1.29, 1.82) is 0 Å². The fourth-order valence-corrected chi connectivity index (χ4v) is 2.30. The maximum absolute atomic E-state index is 12.0. The van der Waals surface area contributed by atoms with Crippen molar-refractivity contribution in [2.75, 3.05) is 19.6 Å². The van der Waals surface area contributed by atoms with Crippen LogP contribution in [-0.2, 0) is 4.79 Å². The topological polar surface area (TPSA) is 66.6 Å². The van der Waals surface area contributed by atoms with Gasteiger partial charge in [-0.25, -0.2) is 0 Å². The highest BCUT2D eigenvalue weighted by atomic mass is 16.3. The summed E-state index contributed by atoms with van der Waals surface area (Å²) in [5.41, 5.74) is 5.58. The minimum atomic E-state index is -0.256. The van der Waals surface area contributed by atoms with Gasteiger partial charge in [-0.3, -0.25) is 4.79 Å². The minimum absolute atomic E-state index is 0.0249. The van der Waals surface area contributed by atoms with Crippen LogP contribution in [0.15, 0.2) is 0 Å². The molecule has 0 aromatic carbocycles. The van der Waals surface area contributed by atoms with E-state index in [-0.39, 0.29) is 17.9 Å². The Bertz CT molecular complexity index is 219. The summed E-state index contributed by atoms with van der Waals surface area (Å²) in [6.07, 6.45) is 2.37. The lowest BCUT2D eigenvalue weighted by Gasteiger charge is -2.35. The smallest absolute Gasteiger partial charge is 0.226 e. The van der Waals surface area contributed by atoms with Gasteiger partial charge in [0.1, 0.15) is 0 Å². The zero-order chi connectivity index (χ0) is 12.1. The molecule has 1 fully saturated rings. The van der Waals surface area contributed by atoms with E-state index in [4.69, 9.17) is 5.73 Å². The molecule has 0 aliphatic carbocycles. The SMILES string of the molecule is CCC(CN)C(=O)N1CCC(C(C)O)CC1. The summed E-state index contributed by atoms with van der Waals surface area (Å²) < 4.78 is 0. The van der Waals surface area contributed by atoms with Gasteiger partial charge in [0, 0.05) is 19.6 Å². The van der Waals surface area contributed by atoms with E-state index in [1.807, 2.05) is 18.7 Å². The molecule has 4 nitrogen and oxygen atoms in total. The van der Waals surface area contributed by atoms with Gasteiger partial charge in [0.15, 0.2) is 0 Å². The fourth-order valence-electron chi connectivity index (χ4n) is 2.30. The molecule has 1 heterocycles. The van der Waals surface area contributed by atoms with Crippen molar-refractivity contribution in [1.82, 2.24) is 4.90 Å². The first-order chi connectivity index (χ1) is 7.60. The molecule has 3 N–H and O–H groups in total. The number of aliphatic hydroxyl groups is 1. The van der Waals surface area contributed by atoms with Crippen LogP contribution in [0.3, 0.4) is 0 Å². The third-order valence-electron chi connectivity index (χ3n) is 3.66. The van der Waals surface area contributed by atoms with Crippen LogP contribution in [0.1, 0.15) is 33.1 Å². The van der Waals surface area contributed by atoms with Gasteiger partial charge in [0.25, 0.3) is 0 Å². The van der Waals surface area contributed by atoms with E-state index in [0.717, 1.165) is 32.4 Å². The van der Waals surface area contributed by atoms with Gasteiger partial charge >= 0.3 is 0 Å². The number of piperidine rings is 1. The van der Waals surface area contributed by atoms with Gasteiger partial charge in [-0.05, 0) is 32.1 Å². The zero-order valence-corrected chi connectivity index (χ0v) is 10.4. The Morgan fingerprint density at radius 1 is 1.50 bits per heavy atom. The van der Waals surface area contributed by atoms with Crippen LogP contribution in [0.5, 0.6) is 0 Å². The average Bonchev–Trinajstić information content (AvgIpc) is 2.30. The molecule has 4 heteroatoms. The number of carbonyl (C=O) groups is 1. The average molecular weight is 228 g/mol. The lowest BCUT2D eigenvalue weighted by atomic mass is 9.91. The molecular weight excluding hydrogens is 204 g/mol. The number of hydrogen-bond acceptors (Lipinski definition) is 3. The minimum Gasteiger partial charge on any atom is -0.393 e. The van der Waals surface area contributed by atoms with Crippen LogP contribution < -0.4 is 5.73 Å². The highest BCUT2D eigenvalue weighted by Crippen LogP contribution is 2.22. The molecule has 0 bridgehead atoms. The fraction of sp³-hybridized carbons (Fsp3) is 0.917. The molecule has 0 spiro atoms. The number of hydrogen-bond donors (Lipinski definition) is 2. The summed E-state index contributed by atoms with van der Waals surface area (Å²) >= 11 is 0. The molecule has 0 aromatic rings. The van der Waals surface area contributed by atoms with Crippen LogP contribution in [0.2, 0.25) is 0 Å². The van der Waals surface area contributed by atoms with Crippen LogP contribution in [0.25, 0.3) is 0 Å². The summed E-state index contributed by atoms with van der Waals surface area (Å²) in [7, 11) is 0. The van der Waals surface area contributed by atoms with E-state index in [0.29, 0.717) is 12.5 Å². The quantitative estimate of drug-likeness (QED) is 0.740. The number of aliphatic hydroxyl groups excluding tert-OH is 1. The van der Waals surface area contributed by atoms with Crippen LogP contribution in [-0.4, -0.2) is 41.7 Å². The highest BCUT2D eigenvalue weighted by Gasteiger charge is 2.28. The van der Waals surface area contributed by atoms with Gasteiger partial charge < -0.3 is 15.7 Å². The third-order valence-corrected chi connectivity index (χ3v) is 3.66. The first-order valence-corrected chi connectivity index (χ1v) is 6.27. The third kappa shape index (κ3) is 3.19. The molecule has 1 amide bonds. The van der Waals surface area contributed by atoms with Gasteiger partial charge in [0.2, 0.25) is 5.91 Å². The van der Waals surface area contributed by atoms with Crippen molar-refractivity contribution in [3.05, 3.63) is 0 Å². The number of nitrogens with zero attached hydrogens (tertiary/aromatic N) is 1. The van der Waals surface area contributed by atoms with Crippen LogP contribution in [0.4, 0.5) is 0 Å². The Kier molecular flexibility index (Phi) is 5.22. The van der Waals surface area contributed by atoms with Crippen LogP contribution in [0, 0.1) is 11.8 Å². The second-order valence-corrected chi connectivity index (χ2v) is 4.74. The normalized spacial score (nSPS) is 21.9. The Morgan fingerprint density at radius 2 is 2.06 bits per heavy atom. The number of nitrogens with two attached hydrogens (primary N) is 1. The molecule has 16 heavy (non-hydrogen) atoms. The molecular formula is C12H24N2O2. The van der Waals surface area contributed by atoms with E-state index < -0.39 is 0 Å². The second-order valence-electron chi connectivity index (χ2n) is 4.74. The van der Waals surface area contributed by atoms with Crippen LogP contribution >= 0.6 is 0 Å². The molecule has 94 valence electrons. The molecule has 0 aromatic heterocycles. The molecule has 1 aliphatic rings. The van der Waals surface area contributed by atoms with E-state index >= 15 is 0 Å². The standard InChI is InChI=1S/C12H24N2O2/c1-3-10(8-13)12(16)14-6-4-11(5-7-14)9(2)15/h9-11,15H,3-8,13H2,1-2H3. The van der Waals surface area contributed by atoms with Crippen molar-refractivity contribution in [2.24, 2.45) is 17.6 Å². The molecule has 0 radical (unpaired) electrons. The van der Waals surface area contributed by atoms with E-state index in [2.05, 4.69) is 0 Å². The van der Waals surface area contributed by atoms with Crippen molar-refractivity contribution < 1.29 is 9.90 Å². The summed E-state index contributed by atoms with van der Waals surface area (Å²) in [5.74, 6) is 0.513. The molecule has 1 rings (SSSR count). The summed E-state index contributed by atoms with van der Waals surface area (Å²) in [5, 5.41) is 9.48. The lowest BCUT2D eigenvalue weighted by Crippen LogP contribution is -2.44. The maximum atomic E-state index is 12.0.